The van der Waals surface area contributed by atoms with Crippen molar-refractivity contribution in [3.05, 3.63) is 34.9 Å². The van der Waals surface area contributed by atoms with Crippen LogP contribution in [0.3, 0.4) is 0 Å². The number of hydrogen-bond acceptors (Lipinski definition) is 5. The highest BCUT2D eigenvalue weighted by molar-refractivity contribution is 7.91. The summed E-state index contributed by atoms with van der Waals surface area (Å²) in [7, 11) is -2.92. The maximum absolute atomic E-state index is 13.7. The van der Waals surface area contributed by atoms with Crippen LogP contribution >= 0.6 is 11.6 Å². The lowest BCUT2D eigenvalue weighted by Gasteiger charge is -2.40. The Hall–Kier alpha value is -1.64. The first-order chi connectivity index (χ1) is 15.8. The van der Waals surface area contributed by atoms with Crippen molar-refractivity contribution >= 4 is 33.3 Å². The van der Waals surface area contributed by atoms with Gasteiger partial charge in [-0.2, -0.15) is 0 Å². The van der Waals surface area contributed by atoms with Crippen LogP contribution in [0.5, 0.6) is 0 Å². The highest BCUT2D eigenvalue weighted by atomic mass is 35.5. The molecule has 1 saturated carbocycles. The minimum absolute atomic E-state index is 0.0403. The van der Waals surface area contributed by atoms with Gasteiger partial charge in [0.05, 0.1) is 11.5 Å². The summed E-state index contributed by atoms with van der Waals surface area (Å²) in [5.41, 5.74) is 0.541. The monoisotopic (exact) mass is 493 g/mol. The predicted octanol–water partition coefficient (Wildman–Crippen LogP) is 2.44. The third-order valence-electron chi connectivity index (χ3n) is 8.03. The van der Waals surface area contributed by atoms with Gasteiger partial charge in [0.1, 0.15) is 6.04 Å². The van der Waals surface area contributed by atoms with Crippen molar-refractivity contribution in [1.29, 1.82) is 0 Å². The second kappa shape index (κ2) is 9.19. The maximum atomic E-state index is 13.7. The number of carbonyl (C=O) groups excluding carboxylic acids is 2. The van der Waals surface area contributed by atoms with Gasteiger partial charge in [0, 0.05) is 48.8 Å². The number of benzene rings is 1. The highest BCUT2D eigenvalue weighted by Crippen LogP contribution is 2.41. The zero-order chi connectivity index (χ0) is 23.2. The fourth-order valence-corrected chi connectivity index (χ4v) is 8.28. The number of rotatable bonds is 3. The number of fused-ring (bicyclic) bond motifs is 1. The molecular weight excluding hydrogens is 462 g/mol. The number of amides is 2. The molecule has 4 atom stereocenters. The first-order valence-corrected chi connectivity index (χ1v) is 14.3. The smallest absolute Gasteiger partial charge is 0.254 e. The Labute approximate surface area is 201 Å². The summed E-state index contributed by atoms with van der Waals surface area (Å²) < 4.78 is 23.7. The van der Waals surface area contributed by atoms with E-state index in [0.29, 0.717) is 49.1 Å². The summed E-state index contributed by atoms with van der Waals surface area (Å²) in [5.74, 6) is 0.816. The highest BCUT2D eigenvalue weighted by Gasteiger charge is 2.49. The Balaban J connectivity index is 1.30. The predicted molar refractivity (Wildman–Crippen MR) is 127 cm³/mol. The number of hydrogen-bond donors (Lipinski definition) is 0. The van der Waals surface area contributed by atoms with Crippen LogP contribution in [0.4, 0.5) is 0 Å². The molecule has 180 valence electrons. The van der Waals surface area contributed by atoms with E-state index in [9.17, 15) is 18.0 Å². The number of carbonyl (C=O) groups is 2. The third-order valence-corrected chi connectivity index (χ3v) is 10.0. The zero-order valence-corrected chi connectivity index (χ0v) is 20.4. The minimum Gasteiger partial charge on any atom is -0.338 e. The van der Waals surface area contributed by atoms with Gasteiger partial charge < -0.3 is 9.80 Å². The van der Waals surface area contributed by atoms with Gasteiger partial charge >= 0.3 is 0 Å². The van der Waals surface area contributed by atoms with Crippen LogP contribution in [-0.4, -0.2) is 90.7 Å². The standard InChI is InChI=1S/C24H32ClN3O4S/c25-19-6-3-5-18(14-19)23(29)28-21-7-2-1-4-17(21)15-22(28)24(30)27-11-9-26(10-12-27)20-8-13-33(31,32)16-20/h3,5-6,14,17,20-22H,1-2,4,7-13,15-16H2. The Kier molecular flexibility index (Phi) is 6.44. The van der Waals surface area contributed by atoms with Crippen LogP contribution in [0.15, 0.2) is 24.3 Å². The van der Waals surface area contributed by atoms with Crippen LogP contribution in [0, 0.1) is 5.92 Å². The molecular formula is C24H32ClN3O4S. The molecule has 1 aromatic carbocycles. The van der Waals surface area contributed by atoms with Crippen LogP contribution < -0.4 is 0 Å². The van der Waals surface area contributed by atoms with Crippen molar-refractivity contribution in [2.24, 2.45) is 5.92 Å². The van der Waals surface area contributed by atoms with E-state index in [0.717, 1.165) is 32.1 Å². The fourth-order valence-electron chi connectivity index (χ4n) is 6.32. The molecule has 0 N–H and O–H groups in total. The molecule has 4 aliphatic rings. The summed E-state index contributed by atoms with van der Waals surface area (Å²) in [6, 6.07) is 6.76. The van der Waals surface area contributed by atoms with Gasteiger partial charge in [-0.3, -0.25) is 14.5 Å². The number of sulfone groups is 1. The molecule has 4 fully saturated rings. The summed E-state index contributed by atoms with van der Waals surface area (Å²) in [6.45, 7) is 2.54. The van der Waals surface area contributed by atoms with Crippen molar-refractivity contribution < 1.29 is 18.0 Å². The van der Waals surface area contributed by atoms with Gasteiger partial charge in [-0.15, -0.1) is 0 Å². The molecule has 7 nitrogen and oxygen atoms in total. The second-order valence-corrected chi connectivity index (χ2v) is 12.7. The van der Waals surface area contributed by atoms with Gasteiger partial charge in [-0.1, -0.05) is 30.5 Å². The largest absolute Gasteiger partial charge is 0.338 e. The van der Waals surface area contributed by atoms with Crippen LogP contribution in [-0.2, 0) is 14.6 Å². The summed E-state index contributed by atoms with van der Waals surface area (Å²) in [6.07, 6.45) is 5.68. The van der Waals surface area contributed by atoms with Crippen LogP contribution in [0.25, 0.3) is 0 Å². The molecule has 1 aromatic rings. The van der Waals surface area contributed by atoms with Crippen molar-refractivity contribution in [2.45, 2.75) is 56.7 Å². The topological polar surface area (TPSA) is 78.0 Å². The molecule has 1 aliphatic carbocycles. The molecule has 3 saturated heterocycles. The van der Waals surface area contributed by atoms with E-state index in [-0.39, 0.29) is 35.4 Å². The molecule has 0 radical (unpaired) electrons. The van der Waals surface area contributed by atoms with Gasteiger partial charge in [0.2, 0.25) is 5.91 Å². The summed E-state index contributed by atoms with van der Waals surface area (Å²) >= 11 is 6.15. The first-order valence-electron chi connectivity index (χ1n) is 12.1. The Morgan fingerprint density at radius 1 is 1.00 bits per heavy atom. The summed E-state index contributed by atoms with van der Waals surface area (Å²) in [4.78, 5) is 33.2. The second-order valence-electron chi connectivity index (χ2n) is 10.0. The Morgan fingerprint density at radius 2 is 1.76 bits per heavy atom. The molecule has 4 unspecified atom stereocenters. The fraction of sp³-hybridized carbons (Fsp3) is 0.667. The lowest BCUT2D eigenvalue weighted by Crippen LogP contribution is -2.57. The number of piperazine rings is 1. The van der Waals surface area contributed by atoms with E-state index in [1.807, 2.05) is 9.80 Å². The molecule has 9 heteroatoms. The number of halogens is 1. The molecule has 0 aromatic heterocycles. The first kappa shape index (κ1) is 23.1. The maximum Gasteiger partial charge on any atom is 0.254 e. The van der Waals surface area contributed by atoms with Crippen molar-refractivity contribution in [1.82, 2.24) is 14.7 Å². The van der Waals surface area contributed by atoms with E-state index < -0.39 is 15.9 Å². The SMILES string of the molecule is O=C(C1CC2CCCCC2N1C(=O)c1cccc(Cl)c1)N1CCN(C2CCS(=O)(=O)C2)CC1. The van der Waals surface area contributed by atoms with E-state index in [4.69, 9.17) is 11.6 Å². The molecule has 0 spiro atoms. The molecule has 3 heterocycles. The Morgan fingerprint density at radius 3 is 2.45 bits per heavy atom. The lowest BCUT2D eigenvalue weighted by molar-refractivity contribution is -0.137. The quantitative estimate of drug-likeness (QED) is 0.646. The van der Waals surface area contributed by atoms with Gasteiger partial charge in [0.15, 0.2) is 9.84 Å². The Bertz CT molecular complexity index is 1020. The molecule has 2 amide bonds. The van der Waals surface area contributed by atoms with E-state index in [1.165, 1.54) is 0 Å². The lowest BCUT2D eigenvalue weighted by atomic mass is 9.84. The van der Waals surface area contributed by atoms with E-state index in [1.54, 1.807) is 24.3 Å². The molecule has 5 rings (SSSR count). The molecule has 33 heavy (non-hydrogen) atoms. The van der Waals surface area contributed by atoms with Gasteiger partial charge in [-0.05, 0) is 49.8 Å². The minimum atomic E-state index is -2.92. The van der Waals surface area contributed by atoms with Crippen LogP contribution in [0.2, 0.25) is 5.02 Å². The van der Waals surface area contributed by atoms with Gasteiger partial charge in [-0.25, -0.2) is 8.42 Å². The summed E-state index contributed by atoms with van der Waals surface area (Å²) in [5, 5.41) is 0.521. The normalized spacial score (nSPS) is 32.0. The van der Waals surface area contributed by atoms with Crippen molar-refractivity contribution in [3.63, 3.8) is 0 Å². The third kappa shape index (κ3) is 4.66. The average Bonchev–Trinajstić information content (AvgIpc) is 3.38. The number of nitrogens with zero attached hydrogens (tertiary/aromatic N) is 3. The molecule has 0 bridgehead atoms. The van der Waals surface area contributed by atoms with Gasteiger partial charge in [0.25, 0.3) is 5.91 Å². The molecule has 3 aliphatic heterocycles. The number of likely N-dealkylation sites (tertiary alicyclic amines) is 1. The van der Waals surface area contributed by atoms with E-state index >= 15 is 0 Å². The zero-order valence-electron chi connectivity index (χ0n) is 18.9. The average molecular weight is 494 g/mol. The van der Waals surface area contributed by atoms with Crippen molar-refractivity contribution in [2.75, 3.05) is 37.7 Å². The van der Waals surface area contributed by atoms with Crippen molar-refractivity contribution in [3.8, 4) is 0 Å². The van der Waals surface area contributed by atoms with Crippen LogP contribution in [0.1, 0.15) is 48.9 Å². The van der Waals surface area contributed by atoms with E-state index in [2.05, 4.69) is 4.90 Å².